The van der Waals surface area contributed by atoms with Crippen molar-refractivity contribution in [2.75, 3.05) is 12.4 Å². The first-order valence-corrected chi connectivity index (χ1v) is 5.84. The zero-order chi connectivity index (χ0) is 10.4. The maximum absolute atomic E-state index is 8.83. The molecule has 0 amide bonds. The average molecular weight is 212 g/mol. The van der Waals surface area contributed by atoms with E-state index in [2.05, 4.69) is 9.97 Å². The summed E-state index contributed by atoms with van der Waals surface area (Å²) in [5, 5.41) is 8.83. The van der Waals surface area contributed by atoms with Gasteiger partial charge in [-0.2, -0.15) is 11.8 Å². The minimum Gasteiger partial charge on any atom is -0.396 e. The Bertz CT molecular complexity index is 263. The van der Waals surface area contributed by atoms with Crippen molar-refractivity contribution >= 4 is 11.8 Å². The van der Waals surface area contributed by atoms with Crippen molar-refractivity contribution < 1.29 is 5.11 Å². The zero-order valence-corrected chi connectivity index (χ0v) is 9.42. The molecule has 0 aliphatic rings. The Balaban J connectivity index is 2.28. The van der Waals surface area contributed by atoms with Gasteiger partial charge in [-0.1, -0.05) is 6.92 Å². The molecule has 14 heavy (non-hydrogen) atoms. The summed E-state index contributed by atoms with van der Waals surface area (Å²) in [6, 6.07) is 0. The first kappa shape index (κ1) is 11.5. The van der Waals surface area contributed by atoms with Gasteiger partial charge in [-0.15, -0.1) is 0 Å². The van der Waals surface area contributed by atoms with Gasteiger partial charge in [-0.05, 0) is 18.6 Å². The fraction of sp³-hybridized carbons (Fsp3) is 0.600. The maximum Gasteiger partial charge on any atom is 0.0685 e. The van der Waals surface area contributed by atoms with E-state index in [9.17, 15) is 0 Å². The van der Waals surface area contributed by atoms with Gasteiger partial charge in [0, 0.05) is 24.8 Å². The summed E-state index contributed by atoms with van der Waals surface area (Å²) >= 11 is 1.78. The van der Waals surface area contributed by atoms with Gasteiger partial charge in [0.25, 0.3) is 0 Å². The Kier molecular flexibility index (Phi) is 4.90. The van der Waals surface area contributed by atoms with Crippen LogP contribution in [-0.2, 0) is 5.75 Å². The lowest BCUT2D eigenvalue weighted by Gasteiger charge is -2.06. The molecule has 0 fully saturated rings. The molecule has 0 unspecified atom stereocenters. The molecule has 0 aromatic carbocycles. The van der Waals surface area contributed by atoms with Crippen LogP contribution >= 0.6 is 11.8 Å². The van der Waals surface area contributed by atoms with E-state index in [1.807, 2.05) is 20.0 Å². The van der Waals surface area contributed by atoms with E-state index < -0.39 is 0 Å². The van der Waals surface area contributed by atoms with Gasteiger partial charge in [0.15, 0.2) is 0 Å². The highest BCUT2D eigenvalue weighted by Gasteiger charge is 2.01. The first-order chi connectivity index (χ1) is 6.72. The molecule has 1 aromatic rings. The molecule has 3 nitrogen and oxygen atoms in total. The van der Waals surface area contributed by atoms with E-state index in [1.165, 1.54) is 0 Å². The monoisotopic (exact) mass is 212 g/mol. The predicted molar refractivity (Wildman–Crippen MR) is 59.2 cm³/mol. The highest BCUT2D eigenvalue weighted by Crippen LogP contribution is 2.13. The van der Waals surface area contributed by atoms with Gasteiger partial charge < -0.3 is 5.11 Å². The van der Waals surface area contributed by atoms with Crippen LogP contribution in [0.1, 0.15) is 18.3 Å². The molecule has 1 N–H and O–H groups in total. The zero-order valence-electron chi connectivity index (χ0n) is 8.60. The molecule has 4 heteroatoms. The molecule has 1 atom stereocenters. The van der Waals surface area contributed by atoms with Crippen molar-refractivity contribution in [2.45, 2.75) is 19.6 Å². The normalized spacial score (nSPS) is 12.8. The van der Waals surface area contributed by atoms with E-state index >= 15 is 0 Å². The number of thioether (sulfide) groups is 1. The van der Waals surface area contributed by atoms with Crippen LogP contribution in [0.2, 0.25) is 0 Å². The van der Waals surface area contributed by atoms with Crippen molar-refractivity contribution in [1.82, 2.24) is 9.97 Å². The lowest BCUT2D eigenvalue weighted by molar-refractivity contribution is 0.250. The summed E-state index contributed by atoms with van der Waals surface area (Å²) in [5.74, 6) is 2.20. The second kappa shape index (κ2) is 5.98. The van der Waals surface area contributed by atoms with Gasteiger partial charge in [-0.25, -0.2) is 0 Å². The molecule has 0 spiro atoms. The number of aromatic nitrogens is 2. The number of hydrogen-bond acceptors (Lipinski definition) is 4. The summed E-state index contributed by atoms with van der Waals surface area (Å²) in [6.07, 6.45) is 3.59. The summed E-state index contributed by atoms with van der Waals surface area (Å²) in [5.41, 5.74) is 1.95. The average Bonchev–Trinajstić information content (AvgIpc) is 2.21. The predicted octanol–water partition coefficient (Wildman–Crippen LogP) is 1.65. The lowest BCUT2D eigenvalue weighted by atomic mass is 10.2. The molecule has 78 valence electrons. The van der Waals surface area contributed by atoms with E-state index in [1.54, 1.807) is 18.0 Å². The second-order valence-corrected chi connectivity index (χ2v) is 4.48. The number of nitrogens with zero attached hydrogens (tertiary/aromatic N) is 2. The van der Waals surface area contributed by atoms with Crippen LogP contribution in [0.15, 0.2) is 12.4 Å². The number of aliphatic hydroxyl groups is 1. The third-order valence-electron chi connectivity index (χ3n) is 1.80. The van der Waals surface area contributed by atoms with Crippen LogP contribution in [0.3, 0.4) is 0 Å². The molecule has 1 rings (SSSR count). The Hall–Kier alpha value is -0.610. The third-order valence-corrected chi connectivity index (χ3v) is 3.10. The Morgan fingerprint density at radius 3 is 2.79 bits per heavy atom. The van der Waals surface area contributed by atoms with Gasteiger partial charge in [0.2, 0.25) is 0 Å². The van der Waals surface area contributed by atoms with Gasteiger partial charge in [0.1, 0.15) is 0 Å². The molecular weight excluding hydrogens is 196 g/mol. The maximum atomic E-state index is 8.83. The Labute approximate surface area is 89.0 Å². The SMILES string of the molecule is Cc1cnc(CSC[C@H](C)CO)cn1. The summed E-state index contributed by atoms with van der Waals surface area (Å²) in [4.78, 5) is 8.43. The van der Waals surface area contributed by atoms with Crippen LogP contribution in [0, 0.1) is 12.8 Å². The molecule has 1 aromatic heterocycles. The van der Waals surface area contributed by atoms with Crippen LogP contribution in [0.5, 0.6) is 0 Å². The van der Waals surface area contributed by atoms with Crippen LogP contribution < -0.4 is 0 Å². The molecule has 0 saturated heterocycles. The highest BCUT2D eigenvalue weighted by atomic mass is 32.2. The Morgan fingerprint density at radius 1 is 1.43 bits per heavy atom. The summed E-state index contributed by atoms with van der Waals surface area (Å²) < 4.78 is 0. The van der Waals surface area contributed by atoms with Crippen molar-refractivity contribution in [2.24, 2.45) is 5.92 Å². The summed E-state index contributed by atoms with van der Waals surface area (Å²) in [6.45, 7) is 4.22. The highest BCUT2D eigenvalue weighted by molar-refractivity contribution is 7.98. The molecule has 0 radical (unpaired) electrons. The number of rotatable bonds is 5. The van der Waals surface area contributed by atoms with Crippen LogP contribution in [0.4, 0.5) is 0 Å². The van der Waals surface area contributed by atoms with E-state index in [-0.39, 0.29) is 6.61 Å². The minimum absolute atomic E-state index is 0.257. The van der Waals surface area contributed by atoms with Gasteiger partial charge >= 0.3 is 0 Å². The van der Waals surface area contributed by atoms with Crippen molar-refractivity contribution in [1.29, 1.82) is 0 Å². The van der Waals surface area contributed by atoms with Crippen molar-refractivity contribution in [3.8, 4) is 0 Å². The quantitative estimate of drug-likeness (QED) is 0.806. The lowest BCUT2D eigenvalue weighted by Crippen LogP contribution is -2.03. The van der Waals surface area contributed by atoms with E-state index in [0.717, 1.165) is 22.9 Å². The largest absolute Gasteiger partial charge is 0.396 e. The molecule has 1 heterocycles. The van der Waals surface area contributed by atoms with Crippen molar-refractivity contribution in [3.63, 3.8) is 0 Å². The third kappa shape index (κ3) is 4.07. The van der Waals surface area contributed by atoms with Crippen LogP contribution in [-0.4, -0.2) is 27.4 Å². The smallest absolute Gasteiger partial charge is 0.0685 e. The minimum atomic E-state index is 0.257. The van der Waals surface area contributed by atoms with Crippen molar-refractivity contribution in [3.05, 3.63) is 23.8 Å². The van der Waals surface area contributed by atoms with Crippen LogP contribution in [0.25, 0.3) is 0 Å². The topological polar surface area (TPSA) is 46.0 Å². The Morgan fingerprint density at radius 2 is 2.21 bits per heavy atom. The molecule has 0 saturated carbocycles. The standard InChI is InChI=1S/C10H16N2OS/c1-8(5-13)6-14-7-10-4-11-9(2)3-12-10/h3-4,8,13H,5-7H2,1-2H3/t8-/m1/s1. The fourth-order valence-electron chi connectivity index (χ4n) is 0.911. The van der Waals surface area contributed by atoms with E-state index in [4.69, 9.17) is 5.11 Å². The second-order valence-electron chi connectivity index (χ2n) is 3.45. The van der Waals surface area contributed by atoms with E-state index in [0.29, 0.717) is 5.92 Å². The molecule has 0 aliphatic carbocycles. The first-order valence-electron chi connectivity index (χ1n) is 4.68. The van der Waals surface area contributed by atoms with Gasteiger partial charge in [-0.3, -0.25) is 9.97 Å². The molecule has 0 aliphatic heterocycles. The fourth-order valence-corrected chi connectivity index (χ4v) is 1.90. The number of aryl methyl sites for hydroxylation is 1. The molecular formula is C10H16N2OS. The summed E-state index contributed by atoms with van der Waals surface area (Å²) in [7, 11) is 0. The van der Waals surface area contributed by atoms with Gasteiger partial charge in [0.05, 0.1) is 11.4 Å². The molecule has 0 bridgehead atoms. The number of aliphatic hydroxyl groups excluding tert-OH is 1. The number of hydrogen-bond donors (Lipinski definition) is 1.